The van der Waals surface area contributed by atoms with Crippen molar-refractivity contribution in [2.45, 2.75) is 38.7 Å². The molecule has 47 heavy (non-hydrogen) atoms. The van der Waals surface area contributed by atoms with E-state index in [1.807, 2.05) is 24.5 Å². The average Bonchev–Trinajstić information content (AvgIpc) is 3.03. The van der Waals surface area contributed by atoms with Gasteiger partial charge in [-0.15, -0.1) is 0 Å². The Morgan fingerprint density at radius 3 is 1.85 bits per heavy atom. The van der Waals surface area contributed by atoms with E-state index in [1.54, 1.807) is 18.2 Å². The van der Waals surface area contributed by atoms with Crippen molar-refractivity contribution in [1.82, 2.24) is 9.97 Å². The number of hydrogen-bond acceptors (Lipinski definition) is 3. The van der Waals surface area contributed by atoms with Gasteiger partial charge in [-0.05, 0) is 53.8 Å². The molecule has 0 aliphatic carbocycles. The van der Waals surface area contributed by atoms with Crippen LogP contribution >= 0.6 is 0 Å². The third-order valence-electron chi connectivity index (χ3n) is 7.10. The maximum Gasteiger partial charge on any atom is 0.432 e. The van der Waals surface area contributed by atoms with E-state index in [2.05, 4.69) is 33.5 Å². The van der Waals surface area contributed by atoms with Gasteiger partial charge in [0, 0.05) is 35.7 Å². The van der Waals surface area contributed by atoms with Crippen molar-refractivity contribution in [3.63, 3.8) is 0 Å². The predicted octanol–water partition coefficient (Wildman–Crippen LogP) is 9.91. The monoisotopic (exact) mass is 652 g/mol. The van der Waals surface area contributed by atoms with Gasteiger partial charge in [-0.1, -0.05) is 61.9 Å². The maximum absolute atomic E-state index is 14.9. The SMILES string of the molecule is CCCCCc1cnc(-c2ccc(-c3ccc(C#Cc4cc(F)c(C(F)(F)Oc5cc(F)c(F)c(F)c5)c(F)c4)c(F)c3)cc2)nc1. The van der Waals surface area contributed by atoms with Gasteiger partial charge in [0.25, 0.3) is 0 Å². The molecule has 5 aromatic rings. The molecule has 240 valence electrons. The summed E-state index contributed by atoms with van der Waals surface area (Å²) in [5, 5.41) is 0. The van der Waals surface area contributed by atoms with Gasteiger partial charge in [-0.25, -0.2) is 36.3 Å². The summed E-state index contributed by atoms with van der Waals surface area (Å²) in [6.45, 7) is 2.14. The van der Waals surface area contributed by atoms with Gasteiger partial charge in [0.1, 0.15) is 28.8 Å². The molecule has 0 fully saturated rings. The fraction of sp³-hybridized carbons (Fsp3) is 0.167. The Morgan fingerprint density at radius 1 is 0.660 bits per heavy atom. The molecule has 0 bridgehead atoms. The molecular weight excluding hydrogens is 628 g/mol. The summed E-state index contributed by atoms with van der Waals surface area (Å²) >= 11 is 0. The molecule has 0 unspecified atom stereocenters. The molecule has 1 heterocycles. The van der Waals surface area contributed by atoms with Gasteiger partial charge in [0.05, 0.1) is 5.56 Å². The summed E-state index contributed by atoms with van der Waals surface area (Å²) < 4.78 is 117. The van der Waals surface area contributed by atoms with Crippen molar-refractivity contribution >= 4 is 0 Å². The summed E-state index contributed by atoms with van der Waals surface area (Å²) in [6.07, 6.45) is 3.14. The number of alkyl halides is 2. The average molecular weight is 653 g/mol. The number of benzene rings is 4. The van der Waals surface area contributed by atoms with Crippen LogP contribution in [0.3, 0.4) is 0 Å². The van der Waals surface area contributed by atoms with Crippen LogP contribution in [0.25, 0.3) is 22.5 Å². The molecule has 0 atom stereocenters. The summed E-state index contributed by atoms with van der Waals surface area (Å²) in [5.74, 6) is -5.86. The lowest BCUT2D eigenvalue weighted by molar-refractivity contribution is -0.189. The van der Waals surface area contributed by atoms with Crippen LogP contribution in [0.15, 0.2) is 79.1 Å². The van der Waals surface area contributed by atoms with Gasteiger partial charge in [0.2, 0.25) is 0 Å². The van der Waals surface area contributed by atoms with E-state index in [4.69, 9.17) is 0 Å². The normalized spacial score (nSPS) is 11.3. The molecule has 0 N–H and O–H groups in total. The van der Waals surface area contributed by atoms with Crippen LogP contribution in [0.4, 0.5) is 35.1 Å². The molecule has 1 aromatic heterocycles. The second-order valence-electron chi connectivity index (χ2n) is 10.5. The van der Waals surface area contributed by atoms with Crippen molar-refractivity contribution in [1.29, 1.82) is 0 Å². The van der Waals surface area contributed by atoms with E-state index in [-0.39, 0.29) is 17.7 Å². The fourth-order valence-corrected chi connectivity index (χ4v) is 4.67. The second kappa shape index (κ2) is 14.0. The van der Waals surface area contributed by atoms with Crippen LogP contribution in [0.5, 0.6) is 5.75 Å². The molecule has 0 saturated carbocycles. The minimum Gasteiger partial charge on any atom is -0.429 e. The standard InChI is InChI=1S/C36H24F8N2O/c1-2-3-4-5-22-19-45-35(46-20-22)25-11-8-23(9-12-25)26-13-10-24(28(37)16-26)7-6-21-14-29(38)33(30(39)15-21)36(43,44)47-27-17-31(40)34(42)32(41)18-27/h8-20H,2-5H2,1H3. The highest BCUT2D eigenvalue weighted by atomic mass is 19.3. The molecule has 0 amide bonds. The van der Waals surface area contributed by atoms with E-state index in [0.717, 1.165) is 36.8 Å². The molecule has 11 heteroatoms. The van der Waals surface area contributed by atoms with Crippen LogP contribution in [0, 0.1) is 46.7 Å². The number of hydrogen-bond donors (Lipinski definition) is 0. The van der Waals surface area contributed by atoms with Gasteiger partial charge < -0.3 is 4.74 Å². The van der Waals surface area contributed by atoms with Crippen LogP contribution in [-0.4, -0.2) is 9.97 Å². The van der Waals surface area contributed by atoms with E-state index < -0.39 is 57.9 Å². The Labute approximate surface area is 264 Å². The van der Waals surface area contributed by atoms with Gasteiger partial charge in [-0.3, -0.25) is 0 Å². The lowest BCUT2D eigenvalue weighted by Crippen LogP contribution is -2.25. The van der Waals surface area contributed by atoms with Crippen molar-refractivity contribution in [3.05, 3.63) is 136 Å². The van der Waals surface area contributed by atoms with Crippen molar-refractivity contribution < 1.29 is 39.9 Å². The summed E-state index contributed by atoms with van der Waals surface area (Å²) in [6, 6.07) is 12.5. The molecule has 5 rings (SSSR count). The summed E-state index contributed by atoms with van der Waals surface area (Å²) in [5.41, 5.74) is 0.654. The highest BCUT2D eigenvalue weighted by Crippen LogP contribution is 2.36. The smallest absolute Gasteiger partial charge is 0.429 e. The largest absolute Gasteiger partial charge is 0.432 e. The van der Waals surface area contributed by atoms with Crippen LogP contribution in [0.2, 0.25) is 0 Å². The first-order chi connectivity index (χ1) is 22.4. The van der Waals surface area contributed by atoms with Crippen molar-refractivity contribution in [3.8, 4) is 40.1 Å². The second-order valence-corrected chi connectivity index (χ2v) is 10.5. The first kappa shape index (κ1) is 33.1. The number of aromatic nitrogens is 2. The molecule has 0 aliphatic heterocycles. The Bertz CT molecular complexity index is 1920. The number of unbranched alkanes of at least 4 members (excludes halogenated alkanes) is 2. The molecule has 0 spiro atoms. The van der Waals surface area contributed by atoms with Crippen LogP contribution in [0.1, 0.15) is 48.4 Å². The minimum atomic E-state index is -4.75. The molecule has 0 aliphatic rings. The quantitative estimate of drug-likeness (QED) is 0.0688. The first-order valence-corrected chi connectivity index (χ1v) is 14.4. The molecule has 3 nitrogen and oxygen atoms in total. The topological polar surface area (TPSA) is 35.0 Å². The first-order valence-electron chi connectivity index (χ1n) is 14.4. The Hall–Kier alpha value is -5.24. The molecule has 4 aromatic carbocycles. The number of rotatable bonds is 9. The van der Waals surface area contributed by atoms with Crippen molar-refractivity contribution in [2.75, 3.05) is 0 Å². The van der Waals surface area contributed by atoms with Crippen molar-refractivity contribution in [2.24, 2.45) is 0 Å². The molecular formula is C36H24F8N2O. The molecule has 0 radical (unpaired) electrons. The van der Waals surface area contributed by atoms with E-state index >= 15 is 0 Å². The van der Waals surface area contributed by atoms with Crippen LogP contribution in [-0.2, 0) is 12.5 Å². The summed E-state index contributed by atoms with van der Waals surface area (Å²) in [7, 11) is 0. The zero-order valence-corrected chi connectivity index (χ0v) is 24.7. The number of ether oxygens (including phenoxy) is 1. The number of aryl methyl sites for hydroxylation is 1. The Balaban J connectivity index is 1.29. The predicted molar refractivity (Wildman–Crippen MR) is 159 cm³/mol. The summed E-state index contributed by atoms with van der Waals surface area (Å²) in [4.78, 5) is 8.88. The lowest BCUT2D eigenvalue weighted by Gasteiger charge is -2.19. The van der Waals surface area contributed by atoms with Crippen LogP contribution < -0.4 is 4.74 Å². The number of halogens is 8. The fourth-order valence-electron chi connectivity index (χ4n) is 4.67. The van der Waals surface area contributed by atoms with Gasteiger partial charge in [0.15, 0.2) is 23.3 Å². The highest BCUT2D eigenvalue weighted by molar-refractivity contribution is 5.68. The van der Waals surface area contributed by atoms with E-state index in [1.165, 1.54) is 12.1 Å². The zero-order chi connectivity index (χ0) is 33.7. The van der Waals surface area contributed by atoms with Gasteiger partial charge >= 0.3 is 6.11 Å². The Kier molecular flexibility index (Phi) is 9.89. The minimum absolute atomic E-state index is 0.0978. The lowest BCUT2D eigenvalue weighted by atomic mass is 10.0. The number of nitrogens with zero attached hydrogens (tertiary/aromatic N) is 2. The Morgan fingerprint density at radius 2 is 1.26 bits per heavy atom. The third-order valence-corrected chi connectivity index (χ3v) is 7.10. The molecule has 0 saturated heterocycles. The van der Waals surface area contributed by atoms with E-state index in [0.29, 0.717) is 29.1 Å². The van der Waals surface area contributed by atoms with E-state index in [9.17, 15) is 35.1 Å². The van der Waals surface area contributed by atoms with Gasteiger partial charge in [-0.2, -0.15) is 8.78 Å². The maximum atomic E-state index is 14.9. The highest BCUT2D eigenvalue weighted by Gasteiger charge is 2.41. The third kappa shape index (κ3) is 7.77. The zero-order valence-electron chi connectivity index (χ0n) is 24.7.